The second kappa shape index (κ2) is 5.62. The van der Waals surface area contributed by atoms with Gasteiger partial charge < -0.3 is 10.1 Å². The first-order chi connectivity index (χ1) is 9.13. The van der Waals surface area contributed by atoms with Gasteiger partial charge in [-0.1, -0.05) is 6.07 Å². The molecule has 1 amide bonds. The number of hydrogen-bond acceptors (Lipinski definition) is 4. The van der Waals surface area contributed by atoms with Gasteiger partial charge in [-0.3, -0.25) is 14.0 Å². The number of rotatable bonds is 4. The van der Waals surface area contributed by atoms with Crippen LogP contribution in [0.5, 0.6) is 0 Å². The van der Waals surface area contributed by atoms with E-state index in [4.69, 9.17) is 4.74 Å². The van der Waals surface area contributed by atoms with Gasteiger partial charge in [0, 0.05) is 26.0 Å². The summed E-state index contributed by atoms with van der Waals surface area (Å²) in [5, 5.41) is 2.60. The molecule has 1 N–H and O–H groups in total. The molecule has 19 heavy (non-hydrogen) atoms. The standard InChI is InChI=1S/C13H15N3O3/c1-9-3-4-11-15-7-10(13(18)16(11)8-9)12(17)14-5-6-19-2/h3-4,7-8H,5-6H2,1-2H3,(H,14,17). The Hall–Kier alpha value is -2.21. The second-order valence-electron chi connectivity index (χ2n) is 4.16. The normalized spacial score (nSPS) is 10.6. The van der Waals surface area contributed by atoms with E-state index in [2.05, 4.69) is 10.3 Å². The molecule has 0 aromatic carbocycles. The number of fused-ring (bicyclic) bond motifs is 1. The van der Waals surface area contributed by atoms with Crippen LogP contribution in [0.25, 0.3) is 5.65 Å². The van der Waals surface area contributed by atoms with Gasteiger partial charge in [0.25, 0.3) is 11.5 Å². The number of carbonyl (C=O) groups is 1. The molecule has 2 aromatic heterocycles. The molecule has 0 spiro atoms. The number of nitrogens with one attached hydrogen (secondary N) is 1. The molecule has 100 valence electrons. The van der Waals surface area contributed by atoms with E-state index in [1.54, 1.807) is 19.4 Å². The van der Waals surface area contributed by atoms with Gasteiger partial charge in [-0.25, -0.2) is 4.98 Å². The van der Waals surface area contributed by atoms with Crippen LogP contribution in [0.1, 0.15) is 15.9 Å². The highest BCUT2D eigenvalue weighted by atomic mass is 16.5. The Morgan fingerprint density at radius 1 is 1.47 bits per heavy atom. The van der Waals surface area contributed by atoms with Gasteiger partial charge in [-0.15, -0.1) is 0 Å². The van der Waals surface area contributed by atoms with Gasteiger partial charge in [0.05, 0.1) is 6.61 Å². The van der Waals surface area contributed by atoms with E-state index in [0.717, 1.165) is 5.56 Å². The summed E-state index contributed by atoms with van der Waals surface area (Å²) in [6.07, 6.45) is 2.96. The quantitative estimate of drug-likeness (QED) is 0.807. The summed E-state index contributed by atoms with van der Waals surface area (Å²) in [5.74, 6) is -0.439. The number of hydrogen-bond donors (Lipinski definition) is 1. The average Bonchev–Trinajstić information content (AvgIpc) is 2.40. The van der Waals surface area contributed by atoms with Crippen LogP contribution in [0.15, 0.2) is 29.3 Å². The highest BCUT2D eigenvalue weighted by molar-refractivity contribution is 5.93. The minimum atomic E-state index is -0.439. The largest absolute Gasteiger partial charge is 0.383 e. The highest BCUT2D eigenvalue weighted by Gasteiger charge is 2.12. The molecule has 0 atom stereocenters. The summed E-state index contributed by atoms with van der Waals surface area (Å²) in [6, 6.07) is 3.60. The van der Waals surface area contributed by atoms with Crippen molar-refractivity contribution >= 4 is 11.6 Å². The van der Waals surface area contributed by atoms with Crippen LogP contribution in [0.3, 0.4) is 0 Å². The van der Waals surface area contributed by atoms with Crippen molar-refractivity contribution in [2.75, 3.05) is 20.3 Å². The van der Waals surface area contributed by atoms with Crippen LogP contribution < -0.4 is 10.9 Å². The molecule has 0 aliphatic rings. The molecule has 0 bridgehead atoms. The number of carbonyl (C=O) groups excluding carboxylic acids is 1. The van der Waals surface area contributed by atoms with Gasteiger partial charge in [-0.05, 0) is 18.6 Å². The van der Waals surface area contributed by atoms with Crippen molar-refractivity contribution in [3.8, 4) is 0 Å². The lowest BCUT2D eigenvalue weighted by molar-refractivity contribution is 0.0935. The van der Waals surface area contributed by atoms with Gasteiger partial charge in [-0.2, -0.15) is 0 Å². The van der Waals surface area contributed by atoms with Crippen LogP contribution >= 0.6 is 0 Å². The van der Waals surface area contributed by atoms with E-state index in [0.29, 0.717) is 18.8 Å². The fourth-order valence-corrected chi connectivity index (χ4v) is 1.70. The van der Waals surface area contributed by atoms with Crippen LogP contribution in [0, 0.1) is 6.92 Å². The molecule has 0 aliphatic heterocycles. The monoisotopic (exact) mass is 261 g/mol. The van der Waals surface area contributed by atoms with Gasteiger partial charge in [0.1, 0.15) is 11.2 Å². The average molecular weight is 261 g/mol. The fourth-order valence-electron chi connectivity index (χ4n) is 1.70. The molecule has 2 aromatic rings. The maximum atomic E-state index is 12.2. The summed E-state index contributed by atoms with van der Waals surface area (Å²) in [6.45, 7) is 2.62. The first-order valence-electron chi connectivity index (χ1n) is 5.88. The van der Waals surface area contributed by atoms with Crippen molar-refractivity contribution < 1.29 is 9.53 Å². The maximum absolute atomic E-state index is 12.2. The van der Waals surface area contributed by atoms with E-state index in [1.165, 1.54) is 10.6 Å². The lowest BCUT2D eigenvalue weighted by atomic mass is 10.2. The minimum absolute atomic E-state index is 0.0270. The van der Waals surface area contributed by atoms with E-state index in [-0.39, 0.29) is 11.1 Å². The number of amides is 1. The van der Waals surface area contributed by atoms with Crippen LogP contribution in [0.2, 0.25) is 0 Å². The maximum Gasteiger partial charge on any atom is 0.270 e. The van der Waals surface area contributed by atoms with Gasteiger partial charge in [0.2, 0.25) is 0 Å². The Morgan fingerprint density at radius 2 is 2.26 bits per heavy atom. The third-order valence-electron chi connectivity index (χ3n) is 2.69. The van der Waals surface area contributed by atoms with Gasteiger partial charge >= 0.3 is 0 Å². The van der Waals surface area contributed by atoms with Crippen molar-refractivity contribution in [1.82, 2.24) is 14.7 Å². The smallest absolute Gasteiger partial charge is 0.270 e. The highest BCUT2D eigenvalue weighted by Crippen LogP contribution is 2.01. The Balaban J connectivity index is 2.37. The number of pyridine rings is 1. The first-order valence-corrected chi connectivity index (χ1v) is 5.88. The summed E-state index contributed by atoms with van der Waals surface area (Å²) < 4.78 is 6.21. The number of ether oxygens (including phenoxy) is 1. The molecular weight excluding hydrogens is 246 g/mol. The van der Waals surface area contributed by atoms with Gasteiger partial charge in [0.15, 0.2) is 0 Å². The second-order valence-corrected chi connectivity index (χ2v) is 4.16. The predicted molar refractivity (Wildman–Crippen MR) is 70.4 cm³/mol. The molecule has 0 saturated heterocycles. The molecule has 0 unspecified atom stereocenters. The summed E-state index contributed by atoms with van der Waals surface area (Å²) in [7, 11) is 1.54. The van der Waals surface area contributed by atoms with Crippen molar-refractivity contribution in [2.45, 2.75) is 6.92 Å². The van der Waals surface area contributed by atoms with Crippen LogP contribution in [-0.2, 0) is 4.74 Å². The molecule has 0 aliphatic carbocycles. The molecule has 0 fully saturated rings. The lowest BCUT2D eigenvalue weighted by Gasteiger charge is -2.06. The van der Waals surface area contributed by atoms with E-state index >= 15 is 0 Å². The van der Waals surface area contributed by atoms with Crippen LogP contribution in [-0.4, -0.2) is 35.6 Å². The third kappa shape index (κ3) is 2.79. The molecule has 6 heteroatoms. The third-order valence-corrected chi connectivity index (χ3v) is 2.69. The molecule has 0 saturated carbocycles. The predicted octanol–water partition coefficient (Wildman–Crippen LogP) is 0.379. The summed E-state index contributed by atoms with van der Waals surface area (Å²) >= 11 is 0. The topological polar surface area (TPSA) is 72.7 Å². The molecule has 2 rings (SSSR count). The molecule has 2 heterocycles. The minimum Gasteiger partial charge on any atom is -0.383 e. The fraction of sp³-hybridized carbons (Fsp3) is 0.308. The van der Waals surface area contributed by atoms with Crippen LogP contribution in [0.4, 0.5) is 0 Å². The van der Waals surface area contributed by atoms with Crippen molar-refractivity contribution in [3.63, 3.8) is 0 Å². The number of aryl methyl sites for hydroxylation is 1. The summed E-state index contributed by atoms with van der Waals surface area (Å²) in [5.41, 5.74) is 1.10. The number of aromatic nitrogens is 2. The SMILES string of the molecule is COCCNC(=O)c1cnc2ccc(C)cn2c1=O. The van der Waals surface area contributed by atoms with Crippen molar-refractivity contribution in [3.05, 3.63) is 46.0 Å². The Bertz CT molecular complexity index is 664. The molecule has 0 radical (unpaired) electrons. The van der Waals surface area contributed by atoms with E-state index in [1.807, 2.05) is 13.0 Å². The lowest BCUT2D eigenvalue weighted by Crippen LogP contribution is -2.33. The Kier molecular flexibility index (Phi) is 3.91. The Labute approximate surface area is 110 Å². The van der Waals surface area contributed by atoms with E-state index in [9.17, 15) is 9.59 Å². The zero-order valence-corrected chi connectivity index (χ0v) is 10.8. The van der Waals surface area contributed by atoms with E-state index < -0.39 is 5.91 Å². The van der Waals surface area contributed by atoms with Crippen molar-refractivity contribution in [1.29, 1.82) is 0 Å². The molecular formula is C13H15N3O3. The van der Waals surface area contributed by atoms with Crippen molar-refractivity contribution in [2.24, 2.45) is 0 Å². The number of methoxy groups -OCH3 is 1. The number of nitrogens with zero attached hydrogens (tertiary/aromatic N) is 2. The molecule has 6 nitrogen and oxygen atoms in total. The Morgan fingerprint density at radius 3 is 3.00 bits per heavy atom. The zero-order chi connectivity index (χ0) is 13.8. The first kappa shape index (κ1) is 13.2. The zero-order valence-electron chi connectivity index (χ0n) is 10.8. The summed E-state index contributed by atoms with van der Waals surface area (Å²) in [4.78, 5) is 28.1.